The van der Waals surface area contributed by atoms with Crippen LogP contribution < -0.4 is 19.6 Å². The number of benzene rings is 2. The van der Waals surface area contributed by atoms with Gasteiger partial charge in [0.05, 0.1) is 41.1 Å². The second-order valence-corrected chi connectivity index (χ2v) is 10.3. The number of rotatable bonds is 9. The molecule has 10 heteroatoms. The maximum atomic E-state index is 13.9. The molecule has 4 aromatic rings. The zero-order valence-corrected chi connectivity index (χ0v) is 24.1. The fourth-order valence-corrected chi connectivity index (χ4v) is 5.67. The van der Waals surface area contributed by atoms with Gasteiger partial charge in [0.1, 0.15) is 23.9 Å². The fourth-order valence-electron chi connectivity index (χ4n) is 4.64. The van der Waals surface area contributed by atoms with Crippen LogP contribution in [0, 0.1) is 0 Å². The number of carbonyl (C=O) groups is 2. The number of aromatic nitrogens is 1. The summed E-state index contributed by atoms with van der Waals surface area (Å²) in [6.45, 7) is 7.67. The van der Waals surface area contributed by atoms with Crippen LogP contribution in [0.3, 0.4) is 0 Å². The van der Waals surface area contributed by atoms with E-state index in [1.807, 2.05) is 18.2 Å². The lowest BCUT2D eigenvalue weighted by atomic mass is 9.96. The van der Waals surface area contributed by atoms with Crippen molar-refractivity contribution in [3.63, 3.8) is 0 Å². The molecule has 0 aliphatic carbocycles. The van der Waals surface area contributed by atoms with E-state index < -0.39 is 18.0 Å². The molecular weight excluding hydrogens is 556 g/mol. The normalized spacial score (nSPS) is 14.6. The number of hydrogen-bond donors (Lipinski definition) is 0. The van der Waals surface area contributed by atoms with Crippen LogP contribution >= 0.6 is 11.3 Å². The number of allylic oxidation sites excluding steroid dienone is 1. The van der Waals surface area contributed by atoms with Gasteiger partial charge in [-0.1, -0.05) is 48.3 Å². The average Bonchev–Trinajstić information content (AvgIpc) is 3.59. The van der Waals surface area contributed by atoms with Crippen LogP contribution in [0.5, 0.6) is 5.75 Å². The predicted molar refractivity (Wildman–Crippen MR) is 158 cm³/mol. The minimum atomic E-state index is -0.746. The van der Waals surface area contributed by atoms with Crippen molar-refractivity contribution in [1.29, 1.82) is 0 Å². The number of hydrogen-bond acceptors (Lipinski definition) is 9. The molecule has 0 N–H and O–H groups in total. The van der Waals surface area contributed by atoms with Crippen LogP contribution in [-0.4, -0.2) is 36.8 Å². The highest BCUT2D eigenvalue weighted by Gasteiger charge is 2.33. The first-order valence-corrected chi connectivity index (χ1v) is 14.0. The lowest BCUT2D eigenvalue weighted by molar-refractivity contribution is -0.139. The summed E-state index contributed by atoms with van der Waals surface area (Å²) in [6, 6.07) is 16.9. The SMILES string of the molecule is C=CCOc1ccc([C@@H]2C(C(=O)OCC)=C(C)N=c3s/c(=C\c4ccc(-c5cccc(C(=O)OC)c5)o4)c(=O)n32)cc1. The van der Waals surface area contributed by atoms with E-state index in [9.17, 15) is 14.4 Å². The van der Waals surface area contributed by atoms with Crippen LogP contribution in [0.25, 0.3) is 17.4 Å². The van der Waals surface area contributed by atoms with Gasteiger partial charge in [0, 0.05) is 11.6 Å². The Labute approximate surface area is 245 Å². The van der Waals surface area contributed by atoms with Crippen LogP contribution in [-0.2, 0) is 14.3 Å². The molecule has 0 spiro atoms. The third-order valence-electron chi connectivity index (χ3n) is 6.55. The highest BCUT2D eigenvalue weighted by Crippen LogP contribution is 2.32. The van der Waals surface area contributed by atoms with E-state index in [1.54, 1.807) is 68.5 Å². The second-order valence-electron chi connectivity index (χ2n) is 9.25. The molecule has 214 valence electrons. The van der Waals surface area contributed by atoms with Crippen molar-refractivity contribution in [2.45, 2.75) is 19.9 Å². The van der Waals surface area contributed by atoms with Crippen molar-refractivity contribution in [2.75, 3.05) is 20.3 Å². The zero-order valence-electron chi connectivity index (χ0n) is 23.3. The first kappa shape index (κ1) is 28.6. The minimum Gasteiger partial charge on any atom is -0.490 e. The Balaban J connectivity index is 1.57. The molecule has 1 aliphatic heterocycles. The maximum Gasteiger partial charge on any atom is 0.338 e. The lowest BCUT2D eigenvalue weighted by Crippen LogP contribution is -2.39. The standard InChI is InChI=1S/C32H28N2O7S/c1-5-16-40-23-12-10-20(11-13-23)28-27(31(37)39-6-2)19(3)33-32-34(28)29(35)26(42-32)18-24-14-15-25(41-24)21-8-7-9-22(17-21)30(36)38-4/h5,7-15,17-18,28H,1,6,16H2,2-4H3/b26-18-/t28-/m1/s1. The first-order chi connectivity index (χ1) is 20.3. The smallest absolute Gasteiger partial charge is 0.338 e. The van der Waals surface area contributed by atoms with Gasteiger partial charge in [-0.25, -0.2) is 14.6 Å². The van der Waals surface area contributed by atoms with E-state index in [0.29, 0.717) is 61.2 Å². The Morgan fingerprint density at radius 2 is 1.90 bits per heavy atom. The van der Waals surface area contributed by atoms with Crippen molar-refractivity contribution in [2.24, 2.45) is 4.99 Å². The summed E-state index contributed by atoms with van der Waals surface area (Å²) in [5, 5.41) is 0. The Bertz CT molecular complexity index is 1880. The topological polar surface area (TPSA) is 109 Å². The van der Waals surface area contributed by atoms with Gasteiger partial charge in [0.15, 0.2) is 4.80 Å². The number of carbonyl (C=O) groups excluding carboxylic acids is 2. The lowest BCUT2D eigenvalue weighted by Gasteiger charge is -2.24. The molecule has 0 amide bonds. The van der Waals surface area contributed by atoms with Crippen molar-refractivity contribution in [1.82, 2.24) is 4.57 Å². The molecule has 9 nitrogen and oxygen atoms in total. The minimum absolute atomic E-state index is 0.185. The van der Waals surface area contributed by atoms with E-state index in [4.69, 9.17) is 18.6 Å². The molecular formula is C32H28N2O7S. The summed E-state index contributed by atoms with van der Waals surface area (Å²) in [5.41, 5.74) is 2.24. The van der Waals surface area contributed by atoms with Gasteiger partial charge in [0.2, 0.25) is 0 Å². The maximum absolute atomic E-state index is 13.9. The van der Waals surface area contributed by atoms with Gasteiger partial charge in [-0.2, -0.15) is 0 Å². The number of fused-ring (bicyclic) bond motifs is 1. The van der Waals surface area contributed by atoms with Crippen molar-refractivity contribution in [3.8, 4) is 17.1 Å². The second kappa shape index (κ2) is 12.3. The summed E-state index contributed by atoms with van der Waals surface area (Å²) in [7, 11) is 1.32. The summed E-state index contributed by atoms with van der Waals surface area (Å²) in [5.74, 6) is 0.623. The van der Waals surface area contributed by atoms with E-state index in [1.165, 1.54) is 23.0 Å². The van der Waals surface area contributed by atoms with Crippen molar-refractivity contribution in [3.05, 3.63) is 121 Å². The monoisotopic (exact) mass is 584 g/mol. The van der Waals surface area contributed by atoms with Crippen LogP contribution in [0.15, 0.2) is 98.8 Å². The first-order valence-electron chi connectivity index (χ1n) is 13.2. The average molecular weight is 585 g/mol. The molecule has 42 heavy (non-hydrogen) atoms. The highest BCUT2D eigenvalue weighted by atomic mass is 32.1. The van der Waals surface area contributed by atoms with Gasteiger partial charge in [0.25, 0.3) is 5.56 Å². The predicted octanol–water partition coefficient (Wildman–Crippen LogP) is 4.41. The number of thiazole rings is 1. The summed E-state index contributed by atoms with van der Waals surface area (Å²) in [4.78, 5) is 44.0. The molecule has 3 heterocycles. The molecule has 0 unspecified atom stereocenters. The highest BCUT2D eigenvalue weighted by molar-refractivity contribution is 7.07. The molecule has 0 saturated heterocycles. The fraction of sp³-hybridized carbons (Fsp3) is 0.188. The largest absolute Gasteiger partial charge is 0.490 e. The van der Waals surface area contributed by atoms with Crippen LogP contribution in [0.1, 0.15) is 41.6 Å². The van der Waals surface area contributed by atoms with Gasteiger partial charge in [-0.15, -0.1) is 0 Å². The van der Waals surface area contributed by atoms with Gasteiger partial charge in [-0.3, -0.25) is 9.36 Å². The van der Waals surface area contributed by atoms with E-state index >= 15 is 0 Å². The van der Waals surface area contributed by atoms with E-state index in [2.05, 4.69) is 11.6 Å². The molecule has 2 aromatic carbocycles. The molecule has 0 bridgehead atoms. The van der Waals surface area contributed by atoms with E-state index in [0.717, 1.165) is 0 Å². The summed E-state index contributed by atoms with van der Waals surface area (Å²) < 4.78 is 23.7. The molecule has 0 saturated carbocycles. The number of esters is 2. The van der Waals surface area contributed by atoms with Crippen molar-refractivity contribution >= 4 is 29.4 Å². The molecule has 0 radical (unpaired) electrons. The van der Waals surface area contributed by atoms with E-state index in [-0.39, 0.29) is 12.2 Å². The molecule has 1 aliphatic rings. The van der Waals surface area contributed by atoms with Gasteiger partial charge in [-0.05, 0) is 55.8 Å². The quantitative estimate of drug-likeness (QED) is 0.212. The summed E-state index contributed by atoms with van der Waals surface area (Å²) in [6.07, 6.45) is 3.29. The number of nitrogens with zero attached hydrogens (tertiary/aromatic N) is 2. The molecule has 5 rings (SSSR count). The Morgan fingerprint density at radius 1 is 1.12 bits per heavy atom. The number of ether oxygens (including phenoxy) is 3. The molecule has 0 fully saturated rings. The Hall–Kier alpha value is -4.96. The Morgan fingerprint density at radius 3 is 2.62 bits per heavy atom. The summed E-state index contributed by atoms with van der Waals surface area (Å²) >= 11 is 1.20. The van der Waals surface area contributed by atoms with Crippen LogP contribution in [0.4, 0.5) is 0 Å². The third kappa shape index (κ3) is 5.61. The molecule has 1 atom stereocenters. The molecule has 2 aromatic heterocycles. The van der Waals surface area contributed by atoms with Gasteiger partial charge >= 0.3 is 11.9 Å². The van der Waals surface area contributed by atoms with Gasteiger partial charge < -0.3 is 18.6 Å². The zero-order chi connectivity index (χ0) is 29.8. The van der Waals surface area contributed by atoms with Crippen LogP contribution in [0.2, 0.25) is 0 Å². The number of methoxy groups -OCH3 is 1. The van der Waals surface area contributed by atoms with Crippen molar-refractivity contribution < 1.29 is 28.2 Å². The third-order valence-corrected chi connectivity index (χ3v) is 7.53. The Kier molecular flexibility index (Phi) is 8.35. The number of furan rings is 1.